The molecule has 90 valence electrons. The van der Waals surface area contributed by atoms with Gasteiger partial charge in [0.2, 0.25) is 0 Å². The zero-order valence-electron chi connectivity index (χ0n) is 9.48. The number of urea groups is 1. The lowest BCUT2D eigenvalue weighted by atomic mass is 10.3. The second-order valence-corrected chi connectivity index (χ2v) is 3.53. The third-order valence-corrected chi connectivity index (χ3v) is 2.30. The molecule has 0 aliphatic carbocycles. The number of rotatable bonds is 3. The third-order valence-electron chi connectivity index (χ3n) is 2.30. The molecule has 0 fully saturated rings. The highest BCUT2D eigenvalue weighted by molar-refractivity contribution is 6.01. The Bertz CT molecular complexity index is 528. The SMILES string of the molecule is O=NN(C(=O)Nc1ccccc1)c1ccccc1. The Kier molecular flexibility index (Phi) is 3.66. The van der Waals surface area contributed by atoms with Crippen molar-refractivity contribution in [2.75, 3.05) is 10.3 Å². The molecule has 0 saturated carbocycles. The average Bonchev–Trinajstić information content (AvgIpc) is 2.42. The van der Waals surface area contributed by atoms with Crippen molar-refractivity contribution in [2.24, 2.45) is 5.29 Å². The van der Waals surface area contributed by atoms with E-state index in [4.69, 9.17) is 0 Å². The fraction of sp³-hybridized carbons (Fsp3) is 0. The molecule has 2 rings (SSSR count). The zero-order valence-corrected chi connectivity index (χ0v) is 9.48. The second-order valence-electron chi connectivity index (χ2n) is 3.53. The van der Waals surface area contributed by atoms with E-state index in [0.29, 0.717) is 11.4 Å². The lowest BCUT2D eigenvalue weighted by Crippen LogP contribution is -2.29. The first-order valence-corrected chi connectivity index (χ1v) is 5.36. The number of para-hydroxylation sites is 2. The summed E-state index contributed by atoms with van der Waals surface area (Å²) < 4.78 is 0. The Morgan fingerprint density at radius 1 is 0.944 bits per heavy atom. The number of hydrogen-bond acceptors (Lipinski definition) is 3. The predicted molar refractivity (Wildman–Crippen MR) is 70.2 cm³/mol. The Morgan fingerprint density at radius 3 is 2.06 bits per heavy atom. The van der Waals surface area contributed by atoms with Gasteiger partial charge in [-0.3, -0.25) is 0 Å². The number of nitrogens with zero attached hydrogens (tertiary/aromatic N) is 2. The number of benzene rings is 2. The van der Waals surface area contributed by atoms with Crippen LogP contribution < -0.4 is 10.3 Å². The number of carbonyl (C=O) groups excluding carboxylic acids is 1. The number of hydrogen-bond donors (Lipinski definition) is 1. The van der Waals surface area contributed by atoms with Gasteiger partial charge in [-0.2, -0.15) is 0 Å². The Morgan fingerprint density at radius 2 is 1.50 bits per heavy atom. The number of nitroso groups, excluding NO2 is 1. The van der Waals surface area contributed by atoms with Crippen LogP contribution in [0.1, 0.15) is 0 Å². The fourth-order valence-corrected chi connectivity index (χ4v) is 1.47. The maximum absolute atomic E-state index is 11.9. The smallest absolute Gasteiger partial charge is 0.306 e. The summed E-state index contributed by atoms with van der Waals surface area (Å²) in [7, 11) is 0. The van der Waals surface area contributed by atoms with Crippen molar-refractivity contribution in [3.05, 3.63) is 65.6 Å². The van der Waals surface area contributed by atoms with E-state index >= 15 is 0 Å². The Hall–Kier alpha value is -2.69. The molecule has 0 heterocycles. The van der Waals surface area contributed by atoms with Crippen molar-refractivity contribution in [1.29, 1.82) is 0 Å². The molecule has 2 aromatic rings. The molecule has 0 unspecified atom stereocenters. The van der Waals surface area contributed by atoms with E-state index in [0.717, 1.165) is 5.01 Å². The molecule has 0 aliphatic rings. The normalized spacial score (nSPS) is 9.56. The Balaban J connectivity index is 2.14. The largest absolute Gasteiger partial charge is 0.349 e. The minimum Gasteiger partial charge on any atom is -0.306 e. The van der Waals surface area contributed by atoms with Gasteiger partial charge in [-0.05, 0) is 24.3 Å². The quantitative estimate of drug-likeness (QED) is 0.661. The molecule has 1 N–H and O–H groups in total. The third kappa shape index (κ3) is 2.70. The van der Waals surface area contributed by atoms with Crippen LogP contribution in [0.5, 0.6) is 0 Å². The van der Waals surface area contributed by atoms with Crippen LogP contribution in [0.3, 0.4) is 0 Å². The van der Waals surface area contributed by atoms with Crippen molar-refractivity contribution in [3.8, 4) is 0 Å². The van der Waals surface area contributed by atoms with Gasteiger partial charge in [0.05, 0.1) is 11.0 Å². The van der Waals surface area contributed by atoms with Crippen LogP contribution in [-0.4, -0.2) is 6.03 Å². The van der Waals surface area contributed by atoms with Crippen molar-refractivity contribution in [2.45, 2.75) is 0 Å². The van der Waals surface area contributed by atoms with Gasteiger partial charge >= 0.3 is 6.03 Å². The minimum absolute atomic E-state index is 0.418. The topological polar surface area (TPSA) is 61.8 Å². The molecule has 0 bridgehead atoms. The molecule has 0 spiro atoms. The van der Waals surface area contributed by atoms with Gasteiger partial charge in [0.1, 0.15) is 0 Å². The van der Waals surface area contributed by atoms with Crippen LogP contribution in [0, 0.1) is 4.91 Å². The number of nitrogens with one attached hydrogen (secondary N) is 1. The molecular formula is C13H11N3O2. The van der Waals surface area contributed by atoms with E-state index in [2.05, 4.69) is 10.6 Å². The van der Waals surface area contributed by atoms with Crippen LogP contribution in [0.4, 0.5) is 16.2 Å². The molecule has 0 aromatic heterocycles. The molecule has 0 atom stereocenters. The van der Waals surface area contributed by atoms with Crippen molar-refractivity contribution >= 4 is 17.4 Å². The van der Waals surface area contributed by atoms with Crippen molar-refractivity contribution in [3.63, 3.8) is 0 Å². The second kappa shape index (κ2) is 5.58. The molecule has 0 saturated heterocycles. The molecule has 2 amide bonds. The van der Waals surface area contributed by atoms with Gasteiger partial charge in [0, 0.05) is 5.69 Å². The van der Waals surface area contributed by atoms with Gasteiger partial charge in [0.25, 0.3) is 0 Å². The van der Waals surface area contributed by atoms with Crippen LogP contribution in [0.15, 0.2) is 65.9 Å². The van der Waals surface area contributed by atoms with Crippen molar-refractivity contribution in [1.82, 2.24) is 0 Å². The maximum Gasteiger partial charge on any atom is 0.349 e. The van der Waals surface area contributed by atoms with E-state index in [9.17, 15) is 9.70 Å². The summed E-state index contributed by atoms with van der Waals surface area (Å²) in [5.41, 5.74) is 1.02. The van der Waals surface area contributed by atoms with Gasteiger partial charge < -0.3 is 5.32 Å². The van der Waals surface area contributed by atoms with E-state index < -0.39 is 6.03 Å². The van der Waals surface area contributed by atoms with Crippen LogP contribution in [0.25, 0.3) is 0 Å². The summed E-state index contributed by atoms with van der Waals surface area (Å²) in [5, 5.41) is 6.08. The van der Waals surface area contributed by atoms with Crippen LogP contribution in [0.2, 0.25) is 0 Å². The number of carbonyl (C=O) groups is 1. The average molecular weight is 241 g/mol. The summed E-state index contributed by atoms with van der Waals surface area (Å²) in [5.74, 6) is 0. The number of anilines is 2. The zero-order chi connectivity index (χ0) is 12.8. The van der Waals surface area contributed by atoms with E-state index in [1.54, 1.807) is 54.6 Å². The molecule has 2 aromatic carbocycles. The summed E-state index contributed by atoms with van der Waals surface area (Å²) in [4.78, 5) is 22.6. The molecule has 0 aliphatic heterocycles. The van der Waals surface area contributed by atoms with Crippen molar-refractivity contribution < 1.29 is 4.79 Å². The predicted octanol–water partition coefficient (Wildman–Crippen LogP) is 3.41. The maximum atomic E-state index is 11.9. The molecule has 5 nitrogen and oxygen atoms in total. The monoisotopic (exact) mass is 241 g/mol. The highest BCUT2D eigenvalue weighted by atomic mass is 16.3. The van der Waals surface area contributed by atoms with Gasteiger partial charge in [-0.25, -0.2) is 4.79 Å². The summed E-state index contributed by atoms with van der Waals surface area (Å²) in [6, 6.07) is 16.8. The van der Waals surface area contributed by atoms with Gasteiger partial charge in [0.15, 0.2) is 0 Å². The van der Waals surface area contributed by atoms with E-state index in [-0.39, 0.29) is 0 Å². The molecule has 5 heteroatoms. The van der Waals surface area contributed by atoms with Crippen LogP contribution in [-0.2, 0) is 0 Å². The highest BCUT2D eigenvalue weighted by Crippen LogP contribution is 2.15. The first-order chi connectivity index (χ1) is 8.81. The minimum atomic E-state index is -0.595. The number of amides is 2. The van der Waals surface area contributed by atoms with E-state index in [1.165, 1.54) is 0 Å². The van der Waals surface area contributed by atoms with Gasteiger partial charge in [-0.1, -0.05) is 36.4 Å². The lowest BCUT2D eigenvalue weighted by molar-refractivity contribution is 0.257. The highest BCUT2D eigenvalue weighted by Gasteiger charge is 2.15. The molecule has 18 heavy (non-hydrogen) atoms. The van der Waals surface area contributed by atoms with Crippen LogP contribution >= 0.6 is 0 Å². The summed E-state index contributed by atoms with van der Waals surface area (Å²) >= 11 is 0. The first-order valence-electron chi connectivity index (χ1n) is 5.36. The summed E-state index contributed by atoms with van der Waals surface area (Å²) in [6.07, 6.45) is 0. The molecule has 0 radical (unpaired) electrons. The lowest BCUT2D eigenvalue weighted by Gasteiger charge is -2.14. The van der Waals surface area contributed by atoms with Gasteiger partial charge in [-0.15, -0.1) is 9.92 Å². The Labute approximate surface area is 104 Å². The fourth-order valence-electron chi connectivity index (χ4n) is 1.47. The summed E-state index contributed by atoms with van der Waals surface area (Å²) in [6.45, 7) is 0. The standard InChI is InChI=1S/C13H11N3O2/c17-13(14-11-7-3-1-4-8-11)16(15-18)12-9-5-2-6-10-12/h1-10H,(H,14,17). The molecular weight excluding hydrogens is 230 g/mol. The first kappa shape index (κ1) is 11.8. The van der Waals surface area contributed by atoms with E-state index in [1.807, 2.05) is 6.07 Å².